The molecule has 0 saturated heterocycles. The summed E-state index contributed by atoms with van der Waals surface area (Å²) in [7, 11) is 1.76. The normalized spacial score (nSPS) is 12.4. The molecule has 2 nitrogen and oxygen atoms in total. The molecule has 0 aliphatic heterocycles. The Kier molecular flexibility index (Phi) is 5.94. The highest BCUT2D eigenvalue weighted by molar-refractivity contribution is 5.45. The molecule has 1 rings (SSSR count). The van der Waals surface area contributed by atoms with Crippen LogP contribution >= 0.6 is 0 Å². The number of ether oxygens (including phenoxy) is 1. The van der Waals surface area contributed by atoms with E-state index in [-0.39, 0.29) is 0 Å². The van der Waals surface area contributed by atoms with Crippen molar-refractivity contribution in [1.29, 1.82) is 0 Å². The molecule has 0 aliphatic rings. The van der Waals surface area contributed by atoms with Gasteiger partial charge in [0, 0.05) is 18.8 Å². The van der Waals surface area contributed by atoms with Gasteiger partial charge in [-0.05, 0) is 25.5 Å². The van der Waals surface area contributed by atoms with Gasteiger partial charge in [-0.2, -0.15) is 0 Å². The summed E-state index contributed by atoms with van der Waals surface area (Å²) in [6.45, 7) is 5.09. The van der Waals surface area contributed by atoms with Crippen molar-refractivity contribution < 1.29 is 4.74 Å². The van der Waals surface area contributed by atoms with Crippen molar-refractivity contribution in [1.82, 2.24) is 0 Å². The van der Waals surface area contributed by atoms with Gasteiger partial charge >= 0.3 is 0 Å². The number of rotatable bonds is 7. The summed E-state index contributed by atoms with van der Waals surface area (Å²) >= 11 is 0. The van der Waals surface area contributed by atoms with E-state index in [1.54, 1.807) is 7.11 Å². The zero-order valence-electron chi connectivity index (χ0n) is 10.6. The minimum atomic E-state index is 0.424. The van der Waals surface area contributed by atoms with Crippen LogP contribution in [0.1, 0.15) is 31.7 Å². The fourth-order valence-corrected chi connectivity index (χ4v) is 1.73. The molecule has 1 aromatic rings. The third-order valence-corrected chi connectivity index (χ3v) is 2.70. The second kappa shape index (κ2) is 7.29. The molecular weight excluding hydrogens is 198 g/mol. The van der Waals surface area contributed by atoms with Crippen LogP contribution in [0.5, 0.6) is 0 Å². The van der Waals surface area contributed by atoms with E-state index >= 15 is 0 Å². The van der Waals surface area contributed by atoms with Crippen molar-refractivity contribution in [3.63, 3.8) is 0 Å². The standard InChI is InChI=1S/C14H23NO/c1-4-5-6-14(11-16-3)15-13-9-7-12(2)8-10-13/h7-10,14-15H,4-6,11H2,1-3H3. The molecule has 0 aromatic heterocycles. The van der Waals surface area contributed by atoms with Gasteiger partial charge in [-0.25, -0.2) is 0 Å². The quantitative estimate of drug-likeness (QED) is 0.759. The molecule has 16 heavy (non-hydrogen) atoms. The Balaban J connectivity index is 2.49. The summed E-state index contributed by atoms with van der Waals surface area (Å²) in [5, 5.41) is 3.52. The maximum absolute atomic E-state index is 5.23. The van der Waals surface area contributed by atoms with E-state index in [1.807, 2.05) is 0 Å². The molecule has 0 saturated carbocycles. The highest BCUT2D eigenvalue weighted by Gasteiger charge is 2.07. The van der Waals surface area contributed by atoms with Gasteiger partial charge in [-0.3, -0.25) is 0 Å². The number of hydrogen-bond donors (Lipinski definition) is 1. The van der Waals surface area contributed by atoms with Gasteiger partial charge in [0.2, 0.25) is 0 Å². The molecule has 1 aromatic carbocycles. The van der Waals surface area contributed by atoms with Crippen LogP contribution in [0.2, 0.25) is 0 Å². The fraction of sp³-hybridized carbons (Fsp3) is 0.571. The van der Waals surface area contributed by atoms with Crippen LogP contribution in [-0.2, 0) is 4.74 Å². The lowest BCUT2D eigenvalue weighted by atomic mass is 10.1. The number of hydrogen-bond acceptors (Lipinski definition) is 2. The lowest BCUT2D eigenvalue weighted by molar-refractivity contribution is 0.182. The molecule has 1 unspecified atom stereocenters. The van der Waals surface area contributed by atoms with E-state index < -0.39 is 0 Å². The van der Waals surface area contributed by atoms with Crippen molar-refractivity contribution >= 4 is 5.69 Å². The third-order valence-electron chi connectivity index (χ3n) is 2.70. The minimum Gasteiger partial charge on any atom is -0.383 e. The highest BCUT2D eigenvalue weighted by atomic mass is 16.5. The topological polar surface area (TPSA) is 21.3 Å². The van der Waals surface area contributed by atoms with Gasteiger partial charge in [-0.1, -0.05) is 37.5 Å². The second-order valence-corrected chi connectivity index (χ2v) is 4.30. The largest absolute Gasteiger partial charge is 0.383 e. The zero-order valence-corrected chi connectivity index (χ0v) is 10.6. The Hall–Kier alpha value is -1.02. The molecule has 0 spiro atoms. The van der Waals surface area contributed by atoms with Gasteiger partial charge in [0.05, 0.1) is 6.61 Å². The van der Waals surface area contributed by atoms with Crippen molar-refractivity contribution in [3.8, 4) is 0 Å². The summed E-state index contributed by atoms with van der Waals surface area (Å²) in [5.74, 6) is 0. The summed E-state index contributed by atoms with van der Waals surface area (Å²) in [5.41, 5.74) is 2.48. The molecule has 0 amide bonds. The first-order valence-corrected chi connectivity index (χ1v) is 6.08. The molecule has 0 heterocycles. The Labute approximate surface area is 99.0 Å². The van der Waals surface area contributed by atoms with Crippen molar-refractivity contribution in [3.05, 3.63) is 29.8 Å². The van der Waals surface area contributed by atoms with E-state index in [4.69, 9.17) is 4.74 Å². The summed E-state index contributed by atoms with van der Waals surface area (Å²) in [6, 6.07) is 8.94. The molecule has 0 bridgehead atoms. The fourth-order valence-electron chi connectivity index (χ4n) is 1.73. The van der Waals surface area contributed by atoms with Gasteiger partial charge in [0.15, 0.2) is 0 Å². The lowest BCUT2D eigenvalue weighted by Gasteiger charge is -2.19. The predicted molar refractivity (Wildman–Crippen MR) is 70.0 cm³/mol. The molecule has 1 N–H and O–H groups in total. The smallest absolute Gasteiger partial charge is 0.0664 e. The van der Waals surface area contributed by atoms with Crippen LogP contribution in [0.4, 0.5) is 5.69 Å². The molecule has 0 radical (unpaired) electrons. The van der Waals surface area contributed by atoms with Gasteiger partial charge in [-0.15, -0.1) is 0 Å². The van der Waals surface area contributed by atoms with Crippen LogP contribution in [0, 0.1) is 6.92 Å². The predicted octanol–water partition coefficient (Wildman–Crippen LogP) is 3.61. The number of nitrogens with one attached hydrogen (secondary N) is 1. The Morgan fingerprint density at radius 3 is 2.50 bits per heavy atom. The monoisotopic (exact) mass is 221 g/mol. The van der Waals surface area contributed by atoms with Crippen molar-refractivity contribution in [2.45, 2.75) is 39.2 Å². The van der Waals surface area contributed by atoms with Gasteiger partial charge < -0.3 is 10.1 Å². The van der Waals surface area contributed by atoms with Crippen LogP contribution in [0.3, 0.4) is 0 Å². The molecule has 2 heteroatoms. The van der Waals surface area contributed by atoms with Crippen LogP contribution in [0.15, 0.2) is 24.3 Å². The lowest BCUT2D eigenvalue weighted by Crippen LogP contribution is -2.24. The Morgan fingerprint density at radius 2 is 1.94 bits per heavy atom. The number of aryl methyl sites for hydroxylation is 1. The average Bonchev–Trinajstić information content (AvgIpc) is 2.29. The molecule has 0 fully saturated rings. The highest BCUT2D eigenvalue weighted by Crippen LogP contribution is 2.13. The SMILES string of the molecule is CCCCC(COC)Nc1ccc(C)cc1. The third kappa shape index (κ3) is 4.67. The summed E-state index contributed by atoms with van der Waals surface area (Å²) in [6.07, 6.45) is 3.64. The zero-order chi connectivity index (χ0) is 11.8. The number of methoxy groups -OCH3 is 1. The molecule has 0 aliphatic carbocycles. The van der Waals surface area contributed by atoms with E-state index in [2.05, 4.69) is 43.4 Å². The minimum absolute atomic E-state index is 0.424. The van der Waals surface area contributed by atoms with Crippen molar-refractivity contribution in [2.24, 2.45) is 0 Å². The van der Waals surface area contributed by atoms with E-state index in [0.29, 0.717) is 6.04 Å². The van der Waals surface area contributed by atoms with Crippen LogP contribution in [0.25, 0.3) is 0 Å². The first-order chi connectivity index (χ1) is 7.76. The number of unbranched alkanes of at least 4 members (excludes halogenated alkanes) is 1. The van der Waals surface area contributed by atoms with E-state index in [9.17, 15) is 0 Å². The Bertz CT molecular complexity index is 281. The second-order valence-electron chi connectivity index (χ2n) is 4.30. The van der Waals surface area contributed by atoms with Gasteiger partial charge in [0.25, 0.3) is 0 Å². The van der Waals surface area contributed by atoms with Crippen LogP contribution in [-0.4, -0.2) is 19.8 Å². The van der Waals surface area contributed by atoms with E-state index in [0.717, 1.165) is 13.0 Å². The average molecular weight is 221 g/mol. The first kappa shape index (κ1) is 13.0. The van der Waals surface area contributed by atoms with E-state index in [1.165, 1.54) is 24.1 Å². The summed E-state index contributed by atoms with van der Waals surface area (Å²) < 4.78 is 5.23. The summed E-state index contributed by atoms with van der Waals surface area (Å²) in [4.78, 5) is 0. The number of anilines is 1. The Morgan fingerprint density at radius 1 is 1.25 bits per heavy atom. The number of benzene rings is 1. The van der Waals surface area contributed by atoms with Gasteiger partial charge in [0.1, 0.15) is 0 Å². The molecule has 1 atom stereocenters. The molecule has 90 valence electrons. The van der Waals surface area contributed by atoms with Crippen molar-refractivity contribution in [2.75, 3.05) is 19.0 Å². The molecular formula is C14H23NO. The maximum atomic E-state index is 5.23. The maximum Gasteiger partial charge on any atom is 0.0664 e. The first-order valence-electron chi connectivity index (χ1n) is 6.08. The van der Waals surface area contributed by atoms with Crippen LogP contribution < -0.4 is 5.32 Å².